The first kappa shape index (κ1) is 91.3. The number of pyridine rings is 3. The van der Waals surface area contributed by atoms with Crippen LogP contribution in [0.15, 0.2) is 153 Å². The van der Waals surface area contributed by atoms with Gasteiger partial charge < -0.3 is 52.2 Å². The average molecular weight is 1890 g/mol. The number of hydrogen-bond acceptors (Lipinski definition) is 18. The van der Waals surface area contributed by atoms with Gasteiger partial charge in [-0.15, -0.1) is 0 Å². The molecule has 30 nitrogen and oxygen atoms in total. The lowest BCUT2D eigenvalue weighted by Crippen LogP contribution is -2.44. The van der Waals surface area contributed by atoms with Gasteiger partial charge in [0.15, 0.2) is 5.82 Å². The zero-order chi connectivity index (χ0) is 95.8. The van der Waals surface area contributed by atoms with E-state index in [1.165, 1.54) is 109 Å². The van der Waals surface area contributed by atoms with Crippen molar-refractivity contribution >= 4 is 67.6 Å². The molecule has 2 saturated heterocycles. The van der Waals surface area contributed by atoms with E-state index in [-0.39, 0.29) is 46.8 Å². The summed E-state index contributed by atoms with van der Waals surface area (Å²) in [4.78, 5) is 94.6. The molecule has 11 aromatic heterocycles. The number of carbonyl (C=O) groups is 4. The van der Waals surface area contributed by atoms with Crippen LogP contribution in [0.4, 0.5) is 20.3 Å². The smallest absolute Gasteiger partial charge is 0.265 e. The molecule has 140 heavy (non-hydrogen) atoms. The molecule has 5 fully saturated rings. The van der Waals surface area contributed by atoms with E-state index in [0.717, 1.165) is 197 Å². The SMILES string of the molecule is CC(=O)N1CCn2c(C3CC3)nc(N3CCCc4cc(-c5cnn(CCC6CCOCC6)c5)ccc43)c2C1.CC(=O)N1CCn2c(C3CCOCC3)nc(-c3cccc4nc(-c5cnn(C)c5)c(C(F)F)cc34)c2C1.CCC(=O)N1CCn2c(C3CC3)nc(-c3cccc4cc(-c5cnn(C)c5)ncc34)c2C1.CCC(=O)N1Cc2c(-c3cccc4cc(-c5cnn(C)c5)ncc34)nc(C3CC3)n2CC1C. The van der Waals surface area contributed by atoms with Crippen LogP contribution >= 0.6 is 0 Å². The maximum atomic E-state index is 14.3. The molecule has 722 valence electrons. The normalized spacial score (nSPS) is 17.6. The number of imidazole rings is 4. The minimum absolute atomic E-state index is 0.00621. The molecule has 0 N–H and O–H groups in total. The first-order valence-electron chi connectivity index (χ1n) is 50.2. The van der Waals surface area contributed by atoms with E-state index < -0.39 is 6.43 Å². The van der Waals surface area contributed by atoms with Crippen molar-refractivity contribution in [2.45, 2.75) is 226 Å². The molecule has 10 aliphatic rings. The summed E-state index contributed by atoms with van der Waals surface area (Å²) in [5.41, 5.74) is 20.2. The fraction of sp³-hybridized carbons (Fsp3) is 0.435. The number of fused-ring (bicyclic) bond motifs is 8. The summed E-state index contributed by atoms with van der Waals surface area (Å²) in [5.74, 6) is 8.92. The van der Waals surface area contributed by atoms with E-state index >= 15 is 0 Å². The Morgan fingerprint density at radius 3 is 1.49 bits per heavy atom. The van der Waals surface area contributed by atoms with Gasteiger partial charge in [0.1, 0.15) is 23.3 Å². The van der Waals surface area contributed by atoms with Crippen LogP contribution in [0.5, 0.6) is 0 Å². The Morgan fingerprint density at radius 1 is 0.450 bits per heavy atom. The molecular weight excluding hydrogens is 1770 g/mol. The number of anilines is 2. The fourth-order valence-corrected chi connectivity index (χ4v) is 21.8. The second kappa shape index (κ2) is 38.5. The topological polar surface area (TPSA) is 284 Å². The monoisotopic (exact) mass is 1890 g/mol. The van der Waals surface area contributed by atoms with Crippen LogP contribution in [0.25, 0.3) is 111 Å². The summed E-state index contributed by atoms with van der Waals surface area (Å²) < 4.78 is 56.4. The highest BCUT2D eigenvalue weighted by molar-refractivity contribution is 6.00. The lowest BCUT2D eigenvalue weighted by molar-refractivity contribution is -0.135. The number of amides is 4. The van der Waals surface area contributed by atoms with Crippen molar-refractivity contribution in [2.75, 3.05) is 57.5 Å². The van der Waals surface area contributed by atoms with Gasteiger partial charge in [0.2, 0.25) is 23.6 Å². The summed E-state index contributed by atoms with van der Waals surface area (Å²) >= 11 is 0. The standard InChI is InChI=1S/C30H38N6O2.C27H28F2N6O2.C26H28N6O.C25H26N6O/c1-21(37)33-13-14-36-28(20-33)30(32-29(36)23-4-5-23)35-11-2-3-25-17-24(6-7-27(25)35)26-18-31-34(19-26)12-8-22-9-15-38-16-10-22;1-16(36)34-8-9-35-23(15-34)25(32-27(35)17-6-10-37-11-7-17)19-4-3-5-22-20(19)12-21(26(28)29)24(31-22)18-13-30-33(2)14-18;1-4-24(33)31-15-23-25(29-26(17-8-9-17)32(23)13-16(31)2)20-7-5-6-18-10-22(27-12-21(18)20)19-11-28-30(3)14-19;1-3-23(32)30-9-10-31-22(15-30)24(28-25(31)16-7-8-16)19-6-4-5-17-11-21(26-13-20(17)19)18-12-27-29(2)14-18/h6-7,17-19,22-23H,2-5,8-16,20H2,1H3;3-5,12-14,17,26H,6-11,15H2,1-2H3;5-7,10-12,14,16-17H,4,8-9,13,15H2,1-3H3;4-6,11-14,16H,3,7-10,15H2,1-2H3. The molecule has 25 rings (SSSR count). The maximum absolute atomic E-state index is 14.3. The highest BCUT2D eigenvalue weighted by Gasteiger charge is 2.42. The summed E-state index contributed by atoms with van der Waals surface area (Å²) in [6.45, 7) is 22.0. The summed E-state index contributed by atoms with van der Waals surface area (Å²) in [6, 6.07) is 31.1. The number of hydrogen-bond donors (Lipinski definition) is 0. The number of nitrogens with zero attached hydrogens (tertiary/aromatic N) is 24. The number of aromatic nitrogens is 19. The summed E-state index contributed by atoms with van der Waals surface area (Å²) in [5, 5.41) is 22.4. The van der Waals surface area contributed by atoms with E-state index in [1.54, 1.807) is 47.3 Å². The molecule has 32 heteroatoms. The van der Waals surface area contributed by atoms with Gasteiger partial charge in [-0.3, -0.25) is 47.9 Å². The molecular formula is C108H120F2N24O6. The van der Waals surface area contributed by atoms with Crippen molar-refractivity contribution in [3.05, 3.63) is 210 Å². The van der Waals surface area contributed by atoms with Crippen LogP contribution in [0.3, 0.4) is 0 Å². The molecule has 0 radical (unpaired) electrons. The molecule has 0 spiro atoms. The van der Waals surface area contributed by atoms with Crippen LogP contribution in [0, 0.1) is 5.92 Å². The van der Waals surface area contributed by atoms with E-state index in [2.05, 4.69) is 133 Å². The number of alkyl halides is 2. The lowest BCUT2D eigenvalue weighted by atomic mass is 9.96. The van der Waals surface area contributed by atoms with Crippen molar-refractivity contribution in [2.24, 2.45) is 27.1 Å². The Hall–Kier alpha value is -13.8. The first-order chi connectivity index (χ1) is 68.2. The fourth-order valence-electron chi connectivity index (χ4n) is 21.8. The Bertz CT molecular complexity index is 7240. The molecule has 4 amide bonds. The molecule has 15 aromatic rings. The molecule has 18 heterocycles. The van der Waals surface area contributed by atoms with Gasteiger partial charge >= 0.3 is 0 Å². The van der Waals surface area contributed by atoms with Crippen LogP contribution in [-0.4, -0.2) is 194 Å². The van der Waals surface area contributed by atoms with Crippen molar-refractivity contribution in [1.29, 1.82) is 0 Å². The van der Waals surface area contributed by atoms with Crippen molar-refractivity contribution in [3.63, 3.8) is 0 Å². The van der Waals surface area contributed by atoms with Crippen LogP contribution < -0.4 is 4.90 Å². The molecule has 0 bridgehead atoms. The molecule has 3 saturated carbocycles. The first-order valence-corrected chi connectivity index (χ1v) is 50.2. The van der Waals surface area contributed by atoms with Gasteiger partial charge in [0.05, 0.1) is 113 Å². The highest BCUT2D eigenvalue weighted by atomic mass is 19.3. The van der Waals surface area contributed by atoms with Gasteiger partial charge in [-0.2, -0.15) is 20.4 Å². The quantitative estimate of drug-likeness (QED) is 0.0771. The number of ether oxygens (including phenoxy) is 2. The summed E-state index contributed by atoms with van der Waals surface area (Å²) in [6.07, 6.45) is 32.1. The Labute approximate surface area is 811 Å². The average Bonchev–Trinajstić information content (AvgIpc) is 1.60. The highest BCUT2D eigenvalue weighted by Crippen LogP contribution is 2.50. The third kappa shape index (κ3) is 18.2. The second-order valence-electron chi connectivity index (χ2n) is 39.5. The minimum atomic E-state index is -2.71. The van der Waals surface area contributed by atoms with Gasteiger partial charge in [-0.05, 0) is 155 Å². The van der Waals surface area contributed by atoms with Crippen LogP contribution in [0.1, 0.15) is 212 Å². The van der Waals surface area contributed by atoms with Gasteiger partial charge in [0, 0.05) is 266 Å². The number of aryl methyl sites for hydroxylation is 5. The molecule has 1 atom stereocenters. The van der Waals surface area contributed by atoms with Crippen molar-refractivity contribution < 1.29 is 37.4 Å². The zero-order valence-corrected chi connectivity index (χ0v) is 81.0. The number of benzene rings is 4. The van der Waals surface area contributed by atoms with E-state index in [9.17, 15) is 28.0 Å². The molecule has 7 aliphatic heterocycles. The van der Waals surface area contributed by atoms with Crippen molar-refractivity contribution in [1.82, 2.24) is 112 Å². The Kier molecular flexibility index (Phi) is 25.1. The van der Waals surface area contributed by atoms with E-state index in [1.807, 2.05) is 109 Å². The lowest BCUT2D eigenvalue weighted by Gasteiger charge is -2.35. The van der Waals surface area contributed by atoms with Gasteiger partial charge in [-0.25, -0.2) is 33.7 Å². The Morgan fingerprint density at radius 2 is 0.943 bits per heavy atom. The van der Waals surface area contributed by atoms with E-state index in [4.69, 9.17) is 39.4 Å². The van der Waals surface area contributed by atoms with Crippen LogP contribution in [0.2, 0.25) is 0 Å². The minimum Gasteiger partial charge on any atom is -0.381 e. The number of rotatable bonds is 18. The predicted octanol–water partition coefficient (Wildman–Crippen LogP) is 18.2. The largest absolute Gasteiger partial charge is 0.381 e. The number of carbonyl (C=O) groups excluding carboxylic acids is 4. The van der Waals surface area contributed by atoms with E-state index in [0.29, 0.717) is 99.5 Å². The zero-order valence-electron chi connectivity index (χ0n) is 81.0. The third-order valence-electron chi connectivity index (χ3n) is 30.0. The van der Waals surface area contributed by atoms with Crippen LogP contribution in [-0.2, 0) is 115 Å². The molecule has 4 aromatic carbocycles. The van der Waals surface area contributed by atoms with Gasteiger partial charge in [-0.1, -0.05) is 68.4 Å². The van der Waals surface area contributed by atoms with Crippen molar-refractivity contribution in [3.8, 4) is 78.7 Å². The third-order valence-corrected chi connectivity index (χ3v) is 30.0. The predicted molar refractivity (Wildman–Crippen MR) is 531 cm³/mol. The Balaban J connectivity index is 0.000000108. The van der Waals surface area contributed by atoms with Gasteiger partial charge in [0.25, 0.3) is 6.43 Å². The maximum Gasteiger partial charge on any atom is 0.265 e. The molecule has 3 aliphatic carbocycles. The summed E-state index contributed by atoms with van der Waals surface area (Å²) in [7, 11) is 5.57. The second-order valence-corrected chi connectivity index (χ2v) is 39.5. The molecule has 1 unspecified atom stereocenters. The number of halogens is 2.